The number of carbonyl (C=O) groups excluding carboxylic acids is 1. The van der Waals surface area contributed by atoms with Gasteiger partial charge in [0, 0.05) is 12.1 Å². The van der Waals surface area contributed by atoms with Crippen molar-refractivity contribution in [2.24, 2.45) is 0 Å². The second kappa shape index (κ2) is 7.04. The molecule has 1 amide bonds. The normalized spacial score (nSPS) is 16.0. The summed E-state index contributed by atoms with van der Waals surface area (Å²) in [6, 6.07) is 6.90. The molecule has 1 aliphatic rings. The Morgan fingerprint density at radius 2 is 2.18 bits per heavy atom. The quantitative estimate of drug-likeness (QED) is 0.612. The summed E-state index contributed by atoms with van der Waals surface area (Å²) in [4.78, 5) is 24.4. The van der Waals surface area contributed by atoms with Gasteiger partial charge in [0.2, 0.25) is 0 Å². The molecule has 7 heteroatoms. The number of thiocarbonyl (C=S) groups is 1. The van der Waals surface area contributed by atoms with Crippen LogP contribution in [0.2, 0.25) is 0 Å². The maximum absolute atomic E-state index is 12.3. The van der Waals surface area contributed by atoms with Crippen molar-refractivity contribution < 1.29 is 19.4 Å². The van der Waals surface area contributed by atoms with Crippen molar-refractivity contribution in [3.8, 4) is 5.75 Å². The molecule has 0 aliphatic carbocycles. The first-order chi connectivity index (χ1) is 10.5. The zero-order valence-electron chi connectivity index (χ0n) is 12.0. The van der Waals surface area contributed by atoms with Crippen LogP contribution in [0.25, 0.3) is 6.08 Å². The smallest absolute Gasteiger partial charge is 0.341 e. The van der Waals surface area contributed by atoms with Gasteiger partial charge in [-0.3, -0.25) is 9.69 Å². The van der Waals surface area contributed by atoms with Crippen LogP contribution < -0.4 is 10.1 Å². The number of nitrogens with zero attached hydrogens (tertiary/aromatic N) is 1. The molecule has 1 fully saturated rings. The molecule has 0 saturated carbocycles. The van der Waals surface area contributed by atoms with Gasteiger partial charge in [-0.1, -0.05) is 25.1 Å². The fraction of sp³-hybridized carbons (Fsp3) is 0.267. The lowest BCUT2D eigenvalue weighted by molar-refractivity contribution is -0.139. The van der Waals surface area contributed by atoms with E-state index in [1.807, 2.05) is 6.92 Å². The van der Waals surface area contributed by atoms with E-state index in [1.165, 1.54) is 4.90 Å². The van der Waals surface area contributed by atoms with Gasteiger partial charge in [0.25, 0.3) is 5.91 Å². The maximum atomic E-state index is 12.3. The van der Waals surface area contributed by atoms with Gasteiger partial charge >= 0.3 is 5.97 Å². The van der Waals surface area contributed by atoms with Crippen molar-refractivity contribution in [3.05, 3.63) is 35.5 Å². The van der Waals surface area contributed by atoms with Crippen molar-refractivity contribution in [3.63, 3.8) is 0 Å². The Morgan fingerprint density at radius 1 is 1.45 bits per heavy atom. The number of benzene rings is 1. The van der Waals surface area contributed by atoms with Crippen LogP contribution in [-0.2, 0) is 9.59 Å². The highest BCUT2D eigenvalue weighted by atomic mass is 32.1. The Bertz CT molecular complexity index is 642. The van der Waals surface area contributed by atoms with Crippen molar-refractivity contribution >= 4 is 35.3 Å². The standard InChI is InChI=1S/C15H16N2O4S/c1-2-7-17-14(20)11(16-15(17)22)8-10-5-3-4-6-12(10)21-9-13(18)19/h3-6,8H,2,7,9H2,1H3,(H,16,22)(H,18,19)/b11-8-. The van der Waals surface area contributed by atoms with E-state index in [0.717, 1.165) is 6.42 Å². The molecule has 6 nitrogen and oxygen atoms in total. The molecule has 0 aromatic heterocycles. The largest absolute Gasteiger partial charge is 0.481 e. The number of rotatable bonds is 6. The van der Waals surface area contributed by atoms with Crippen LogP contribution >= 0.6 is 12.2 Å². The zero-order valence-corrected chi connectivity index (χ0v) is 12.9. The molecule has 0 unspecified atom stereocenters. The molecule has 1 aromatic carbocycles. The molecule has 116 valence electrons. The fourth-order valence-corrected chi connectivity index (χ4v) is 2.31. The van der Waals surface area contributed by atoms with Crippen LogP contribution in [0.5, 0.6) is 5.75 Å². The molecule has 1 aliphatic heterocycles. The van der Waals surface area contributed by atoms with E-state index in [2.05, 4.69) is 5.32 Å². The van der Waals surface area contributed by atoms with Crippen LogP contribution in [0, 0.1) is 0 Å². The van der Waals surface area contributed by atoms with E-state index in [9.17, 15) is 9.59 Å². The Hall–Kier alpha value is -2.41. The molecule has 1 heterocycles. The first kappa shape index (κ1) is 16.0. The number of nitrogens with one attached hydrogen (secondary N) is 1. The lowest BCUT2D eigenvalue weighted by atomic mass is 10.1. The minimum absolute atomic E-state index is 0.195. The van der Waals surface area contributed by atoms with Gasteiger partial charge in [0.15, 0.2) is 11.7 Å². The summed E-state index contributed by atoms with van der Waals surface area (Å²) < 4.78 is 5.22. The summed E-state index contributed by atoms with van der Waals surface area (Å²) in [5.74, 6) is -0.862. The van der Waals surface area contributed by atoms with E-state index in [1.54, 1.807) is 30.3 Å². The molecule has 22 heavy (non-hydrogen) atoms. The van der Waals surface area contributed by atoms with Crippen molar-refractivity contribution in [1.82, 2.24) is 10.2 Å². The number of para-hydroxylation sites is 1. The van der Waals surface area contributed by atoms with Crippen LogP contribution in [0.1, 0.15) is 18.9 Å². The molecule has 2 rings (SSSR count). The van der Waals surface area contributed by atoms with Gasteiger partial charge in [0.1, 0.15) is 11.4 Å². The fourth-order valence-electron chi connectivity index (χ4n) is 2.02. The Morgan fingerprint density at radius 3 is 2.86 bits per heavy atom. The zero-order chi connectivity index (χ0) is 16.1. The minimum Gasteiger partial charge on any atom is -0.481 e. The van der Waals surface area contributed by atoms with Gasteiger partial charge in [0.05, 0.1) is 0 Å². The Kier molecular flexibility index (Phi) is 5.11. The van der Waals surface area contributed by atoms with Gasteiger partial charge in [-0.25, -0.2) is 4.79 Å². The molecule has 0 atom stereocenters. The molecular weight excluding hydrogens is 304 g/mol. The molecular formula is C15H16N2O4S. The number of hydrogen-bond donors (Lipinski definition) is 2. The van der Waals surface area contributed by atoms with E-state index in [-0.39, 0.29) is 5.91 Å². The highest BCUT2D eigenvalue weighted by Crippen LogP contribution is 2.22. The van der Waals surface area contributed by atoms with E-state index in [4.69, 9.17) is 22.1 Å². The maximum Gasteiger partial charge on any atom is 0.341 e. The number of ether oxygens (including phenoxy) is 1. The molecule has 1 aromatic rings. The van der Waals surface area contributed by atoms with E-state index < -0.39 is 12.6 Å². The number of carboxylic acid groups (broad SMARTS) is 1. The minimum atomic E-state index is -1.06. The van der Waals surface area contributed by atoms with Crippen molar-refractivity contribution in [2.75, 3.05) is 13.2 Å². The average molecular weight is 320 g/mol. The lowest BCUT2D eigenvalue weighted by Gasteiger charge is -2.11. The van der Waals surface area contributed by atoms with Gasteiger partial charge in [-0.15, -0.1) is 0 Å². The Labute approximate surface area is 133 Å². The third-order valence-corrected chi connectivity index (χ3v) is 3.30. The summed E-state index contributed by atoms with van der Waals surface area (Å²) in [7, 11) is 0. The molecule has 2 N–H and O–H groups in total. The lowest BCUT2D eigenvalue weighted by Crippen LogP contribution is -2.31. The highest BCUT2D eigenvalue weighted by molar-refractivity contribution is 7.80. The van der Waals surface area contributed by atoms with Gasteiger partial charge in [-0.05, 0) is 30.8 Å². The molecule has 0 spiro atoms. The summed E-state index contributed by atoms with van der Waals surface area (Å²) >= 11 is 5.14. The number of hydrogen-bond acceptors (Lipinski definition) is 4. The van der Waals surface area contributed by atoms with E-state index in [0.29, 0.717) is 28.7 Å². The van der Waals surface area contributed by atoms with Crippen molar-refractivity contribution in [2.45, 2.75) is 13.3 Å². The van der Waals surface area contributed by atoms with E-state index >= 15 is 0 Å². The van der Waals surface area contributed by atoms with Crippen LogP contribution in [0.15, 0.2) is 30.0 Å². The number of amides is 1. The SMILES string of the molecule is CCCN1C(=O)/C(=C/c2ccccc2OCC(=O)O)NC1=S. The predicted octanol–water partition coefficient (Wildman–Crippen LogP) is 1.62. The summed E-state index contributed by atoms with van der Waals surface area (Å²) in [5, 5.41) is 11.9. The Balaban J connectivity index is 2.24. The van der Waals surface area contributed by atoms with Crippen LogP contribution in [-0.4, -0.2) is 40.1 Å². The number of carbonyl (C=O) groups is 2. The topological polar surface area (TPSA) is 78.9 Å². The average Bonchev–Trinajstić information content (AvgIpc) is 2.74. The first-order valence-corrected chi connectivity index (χ1v) is 7.22. The number of carboxylic acids is 1. The van der Waals surface area contributed by atoms with Crippen LogP contribution in [0.4, 0.5) is 0 Å². The third kappa shape index (κ3) is 3.62. The summed E-state index contributed by atoms with van der Waals surface area (Å²) in [5.41, 5.74) is 0.963. The van der Waals surface area contributed by atoms with Crippen LogP contribution in [0.3, 0.4) is 0 Å². The van der Waals surface area contributed by atoms with Gasteiger partial charge < -0.3 is 15.2 Å². The second-order valence-corrected chi connectivity index (χ2v) is 5.05. The molecule has 0 bridgehead atoms. The predicted molar refractivity (Wildman–Crippen MR) is 85.3 cm³/mol. The first-order valence-electron chi connectivity index (χ1n) is 6.81. The van der Waals surface area contributed by atoms with Gasteiger partial charge in [-0.2, -0.15) is 0 Å². The third-order valence-electron chi connectivity index (χ3n) is 2.98. The number of aliphatic carboxylic acids is 1. The van der Waals surface area contributed by atoms with Crippen molar-refractivity contribution in [1.29, 1.82) is 0 Å². The monoisotopic (exact) mass is 320 g/mol. The summed E-state index contributed by atoms with van der Waals surface area (Å²) in [6.45, 7) is 2.08. The highest BCUT2D eigenvalue weighted by Gasteiger charge is 2.29. The molecule has 0 radical (unpaired) electrons. The second-order valence-electron chi connectivity index (χ2n) is 4.67. The summed E-state index contributed by atoms with van der Waals surface area (Å²) in [6.07, 6.45) is 2.42. The molecule has 1 saturated heterocycles.